The molecule has 1 aromatic heterocycles. The number of nitrogens with zero attached hydrogens (tertiary/aromatic N) is 5. The van der Waals surface area contributed by atoms with Gasteiger partial charge in [0.1, 0.15) is 0 Å². The van der Waals surface area contributed by atoms with Gasteiger partial charge < -0.3 is 15.1 Å². The van der Waals surface area contributed by atoms with Gasteiger partial charge in [0.25, 0.3) is 5.91 Å². The average Bonchev–Trinajstić information content (AvgIpc) is 3.45. The van der Waals surface area contributed by atoms with Gasteiger partial charge in [0.15, 0.2) is 0 Å². The molecule has 0 bridgehead atoms. The summed E-state index contributed by atoms with van der Waals surface area (Å²) in [4.78, 5) is 40.3. The summed E-state index contributed by atoms with van der Waals surface area (Å²) in [7, 11) is 0. The van der Waals surface area contributed by atoms with Gasteiger partial charge >= 0.3 is 0 Å². The molecule has 0 atom stereocenters. The van der Waals surface area contributed by atoms with E-state index in [1.807, 2.05) is 64.4 Å². The summed E-state index contributed by atoms with van der Waals surface area (Å²) in [6.07, 6.45) is 3.91. The molecule has 2 saturated heterocycles. The molecule has 2 aliphatic heterocycles. The van der Waals surface area contributed by atoms with Crippen LogP contribution in [-0.2, 0) is 4.79 Å². The number of benzene rings is 2. The van der Waals surface area contributed by atoms with E-state index < -0.39 is 0 Å². The van der Waals surface area contributed by atoms with Crippen LogP contribution in [-0.4, -0.2) is 82.3 Å². The summed E-state index contributed by atoms with van der Waals surface area (Å²) in [6, 6.07) is 16.7. The van der Waals surface area contributed by atoms with Gasteiger partial charge in [-0.05, 0) is 55.3 Å². The maximum absolute atomic E-state index is 13.0. The van der Waals surface area contributed by atoms with E-state index in [1.165, 1.54) is 0 Å². The molecule has 0 unspecified atom stereocenters. The van der Waals surface area contributed by atoms with E-state index >= 15 is 0 Å². The second-order valence-electron chi connectivity index (χ2n) is 9.13. The van der Waals surface area contributed by atoms with Crippen molar-refractivity contribution < 1.29 is 9.59 Å². The Hall–Kier alpha value is -3.49. The zero-order chi connectivity index (χ0) is 24.9. The highest BCUT2D eigenvalue weighted by molar-refractivity contribution is 6.30. The van der Waals surface area contributed by atoms with E-state index in [9.17, 15) is 9.59 Å². The van der Waals surface area contributed by atoms with Crippen LogP contribution in [0.3, 0.4) is 0 Å². The van der Waals surface area contributed by atoms with E-state index in [-0.39, 0.29) is 11.8 Å². The number of hydrogen-bond acceptors (Lipinski definition) is 6. The van der Waals surface area contributed by atoms with Crippen molar-refractivity contribution >= 4 is 35.1 Å². The fraction of sp³-hybridized carbons (Fsp3) is 0.333. The van der Waals surface area contributed by atoms with Gasteiger partial charge in [-0.3, -0.25) is 14.5 Å². The van der Waals surface area contributed by atoms with Crippen molar-refractivity contribution in [2.75, 3.05) is 51.1 Å². The molecule has 186 valence electrons. The second kappa shape index (κ2) is 11.1. The van der Waals surface area contributed by atoms with Crippen molar-refractivity contribution in [3.05, 3.63) is 71.4 Å². The third-order valence-corrected chi connectivity index (χ3v) is 6.91. The first-order valence-corrected chi connectivity index (χ1v) is 12.7. The number of aromatic nitrogens is 2. The number of rotatable bonds is 6. The Kier molecular flexibility index (Phi) is 7.44. The Morgan fingerprint density at radius 3 is 2.22 bits per heavy atom. The Morgan fingerprint density at radius 2 is 1.53 bits per heavy atom. The first-order valence-electron chi connectivity index (χ1n) is 12.3. The average molecular weight is 505 g/mol. The number of hydrogen-bond donors (Lipinski definition) is 1. The first-order chi connectivity index (χ1) is 17.5. The van der Waals surface area contributed by atoms with Crippen LogP contribution in [0.4, 0.5) is 11.6 Å². The highest BCUT2D eigenvalue weighted by atomic mass is 35.5. The predicted octanol–water partition coefficient (Wildman–Crippen LogP) is 3.92. The molecule has 2 aliphatic rings. The van der Waals surface area contributed by atoms with Crippen LogP contribution in [0.5, 0.6) is 0 Å². The monoisotopic (exact) mass is 504 g/mol. The maximum atomic E-state index is 13.0. The fourth-order valence-corrected chi connectivity index (χ4v) is 4.70. The Bertz CT molecular complexity index is 1200. The van der Waals surface area contributed by atoms with Crippen LogP contribution in [0.25, 0.3) is 11.3 Å². The highest BCUT2D eigenvalue weighted by Gasteiger charge is 2.25. The summed E-state index contributed by atoms with van der Waals surface area (Å²) in [5.74, 6) is 0.687. The molecule has 1 N–H and O–H groups in total. The van der Waals surface area contributed by atoms with Gasteiger partial charge in [0, 0.05) is 67.3 Å². The third kappa shape index (κ3) is 5.83. The molecule has 0 spiro atoms. The van der Waals surface area contributed by atoms with Gasteiger partial charge in [-0.1, -0.05) is 23.7 Å². The zero-order valence-electron chi connectivity index (χ0n) is 20.1. The maximum Gasteiger partial charge on any atom is 0.253 e. The van der Waals surface area contributed by atoms with E-state index in [0.29, 0.717) is 49.3 Å². The number of anilines is 2. The summed E-state index contributed by atoms with van der Waals surface area (Å²) in [6.45, 7) is 4.88. The van der Waals surface area contributed by atoms with E-state index in [0.717, 1.165) is 42.9 Å². The minimum atomic E-state index is 0.00746. The number of amides is 2. The van der Waals surface area contributed by atoms with Gasteiger partial charge in [-0.2, -0.15) is 0 Å². The van der Waals surface area contributed by atoms with E-state index in [2.05, 4.69) is 20.2 Å². The van der Waals surface area contributed by atoms with Crippen molar-refractivity contribution in [2.45, 2.75) is 12.8 Å². The molecule has 2 amide bonds. The smallest absolute Gasteiger partial charge is 0.253 e. The largest absolute Gasteiger partial charge is 0.342 e. The fourth-order valence-electron chi connectivity index (χ4n) is 4.58. The molecule has 36 heavy (non-hydrogen) atoms. The number of carbonyl (C=O) groups excluding carboxylic acids is 2. The lowest BCUT2D eigenvalue weighted by atomic mass is 10.1. The SMILES string of the molecule is O=C(CN1CCN(C(=O)c2ccc(Nc3nccc(-c4ccc(Cl)cc4)n3)cc2)CC1)N1CCCC1. The van der Waals surface area contributed by atoms with Crippen molar-refractivity contribution in [1.82, 2.24) is 24.7 Å². The van der Waals surface area contributed by atoms with Crippen LogP contribution in [0.15, 0.2) is 60.8 Å². The molecule has 0 saturated carbocycles. The topological polar surface area (TPSA) is 81.7 Å². The normalized spacial score (nSPS) is 16.2. The molecule has 3 aromatic rings. The number of nitrogens with one attached hydrogen (secondary N) is 1. The molecule has 9 heteroatoms. The lowest BCUT2D eigenvalue weighted by Gasteiger charge is -2.35. The predicted molar refractivity (Wildman–Crippen MR) is 140 cm³/mol. The first kappa shape index (κ1) is 24.2. The molecule has 8 nitrogen and oxygen atoms in total. The zero-order valence-corrected chi connectivity index (χ0v) is 20.8. The highest BCUT2D eigenvalue weighted by Crippen LogP contribution is 2.22. The minimum absolute atomic E-state index is 0.00746. The molecule has 5 rings (SSSR count). The number of halogens is 1. The standard InChI is InChI=1S/C27H29ClN6O2/c28-22-7-3-20(4-8-22)24-11-12-29-27(31-24)30-23-9-5-21(6-10-23)26(36)34-17-15-32(16-18-34)19-25(35)33-13-1-2-14-33/h3-12H,1-2,13-19H2,(H,29,30,31). The molecular weight excluding hydrogens is 476 g/mol. The van der Waals surface area contributed by atoms with Crippen molar-refractivity contribution in [1.29, 1.82) is 0 Å². The second-order valence-corrected chi connectivity index (χ2v) is 9.57. The van der Waals surface area contributed by atoms with Gasteiger partial charge in [0.05, 0.1) is 12.2 Å². The molecule has 3 heterocycles. The van der Waals surface area contributed by atoms with Gasteiger partial charge in [0.2, 0.25) is 11.9 Å². The van der Waals surface area contributed by atoms with E-state index in [1.54, 1.807) is 6.20 Å². The van der Waals surface area contributed by atoms with Crippen LogP contribution < -0.4 is 5.32 Å². The van der Waals surface area contributed by atoms with Gasteiger partial charge in [-0.15, -0.1) is 0 Å². The third-order valence-electron chi connectivity index (χ3n) is 6.66. The Balaban J connectivity index is 1.15. The quantitative estimate of drug-likeness (QED) is 0.548. The number of carbonyl (C=O) groups is 2. The lowest BCUT2D eigenvalue weighted by molar-refractivity contribution is -0.131. The molecular formula is C27H29ClN6O2. The Morgan fingerprint density at radius 1 is 0.833 bits per heavy atom. The molecule has 0 radical (unpaired) electrons. The van der Waals surface area contributed by atoms with Crippen LogP contribution >= 0.6 is 11.6 Å². The van der Waals surface area contributed by atoms with Crippen molar-refractivity contribution in [2.24, 2.45) is 0 Å². The number of piperazine rings is 1. The van der Waals surface area contributed by atoms with E-state index in [4.69, 9.17) is 11.6 Å². The minimum Gasteiger partial charge on any atom is -0.342 e. The van der Waals surface area contributed by atoms with Crippen LogP contribution in [0.1, 0.15) is 23.2 Å². The molecule has 2 fully saturated rings. The molecule has 2 aromatic carbocycles. The van der Waals surface area contributed by atoms with Crippen LogP contribution in [0.2, 0.25) is 5.02 Å². The van der Waals surface area contributed by atoms with Crippen molar-refractivity contribution in [3.63, 3.8) is 0 Å². The summed E-state index contributed by atoms with van der Waals surface area (Å²) in [5, 5.41) is 3.88. The van der Waals surface area contributed by atoms with Gasteiger partial charge in [-0.25, -0.2) is 9.97 Å². The summed E-state index contributed by atoms with van der Waals surface area (Å²) < 4.78 is 0. The molecule has 0 aliphatic carbocycles. The van der Waals surface area contributed by atoms with Crippen molar-refractivity contribution in [3.8, 4) is 11.3 Å². The summed E-state index contributed by atoms with van der Waals surface area (Å²) >= 11 is 5.98. The number of likely N-dealkylation sites (tertiary alicyclic amines) is 1. The summed E-state index contributed by atoms with van der Waals surface area (Å²) in [5.41, 5.74) is 3.17. The van der Waals surface area contributed by atoms with Crippen LogP contribution in [0, 0.1) is 0 Å². The lowest BCUT2D eigenvalue weighted by Crippen LogP contribution is -2.51. The Labute approximate surface area is 215 Å².